The number of allylic oxidation sites excluding steroid dienone is 1. The monoisotopic (exact) mass is 610 g/mol. The predicted molar refractivity (Wildman–Crippen MR) is 178 cm³/mol. The maximum absolute atomic E-state index is 6.23. The third-order valence-electron chi connectivity index (χ3n) is 6.76. The molecule has 236 valence electrons. The van der Waals surface area contributed by atoms with E-state index in [-0.39, 0.29) is 0 Å². The molecule has 0 saturated carbocycles. The Kier molecular flexibility index (Phi) is 12.9. The zero-order valence-electron chi connectivity index (χ0n) is 26.3. The number of rotatable bonds is 19. The second-order valence-corrected chi connectivity index (χ2v) is 10.3. The van der Waals surface area contributed by atoms with Crippen LogP contribution in [-0.2, 0) is 9.47 Å². The fourth-order valence-electron chi connectivity index (χ4n) is 4.32. The first-order valence-corrected chi connectivity index (χ1v) is 14.9. The summed E-state index contributed by atoms with van der Waals surface area (Å²) in [5.41, 5.74) is 3.88. The predicted octanol–water partition coefficient (Wildman–Crippen LogP) is 8.45. The third-order valence-corrected chi connectivity index (χ3v) is 6.76. The van der Waals surface area contributed by atoms with E-state index in [9.17, 15) is 0 Å². The molecule has 0 bridgehead atoms. The Balaban J connectivity index is 1.26. The number of ether oxygens (including phenoxy) is 7. The molecule has 45 heavy (non-hydrogen) atoms. The summed E-state index contributed by atoms with van der Waals surface area (Å²) in [6.07, 6.45) is -0.544. The molecule has 0 saturated heterocycles. The Labute approximate surface area is 266 Å². The summed E-state index contributed by atoms with van der Waals surface area (Å²) in [4.78, 5) is 0. The van der Waals surface area contributed by atoms with Crippen LogP contribution in [0.4, 0.5) is 0 Å². The van der Waals surface area contributed by atoms with Gasteiger partial charge in [0.25, 0.3) is 0 Å². The lowest BCUT2D eigenvalue weighted by Gasteiger charge is -2.21. The van der Waals surface area contributed by atoms with Crippen molar-refractivity contribution in [2.75, 3.05) is 33.5 Å². The van der Waals surface area contributed by atoms with Crippen LogP contribution < -0.4 is 23.7 Å². The highest BCUT2D eigenvalue weighted by atomic mass is 16.7. The number of para-hydroxylation sites is 1. The topological polar surface area (TPSA) is 64.6 Å². The molecule has 0 aromatic heterocycles. The van der Waals surface area contributed by atoms with Crippen LogP contribution >= 0.6 is 0 Å². The molecule has 4 aromatic carbocycles. The van der Waals surface area contributed by atoms with Gasteiger partial charge in [-0.3, -0.25) is 0 Å². The maximum Gasteiger partial charge on any atom is 0.204 e. The molecule has 4 aromatic rings. The maximum atomic E-state index is 6.23. The minimum Gasteiger partial charge on any atom is -0.497 e. The van der Waals surface area contributed by atoms with Gasteiger partial charge in [0.05, 0.1) is 20.3 Å². The van der Waals surface area contributed by atoms with Crippen molar-refractivity contribution in [3.05, 3.63) is 127 Å². The summed E-state index contributed by atoms with van der Waals surface area (Å²) in [6.45, 7) is 13.7. The Morgan fingerprint density at radius 1 is 0.578 bits per heavy atom. The minimum atomic E-state index is -0.558. The van der Waals surface area contributed by atoms with Gasteiger partial charge in [0.2, 0.25) is 6.29 Å². The lowest BCUT2D eigenvalue weighted by Crippen LogP contribution is -2.24. The van der Waals surface area contributed by atoms with Gasteiger partial charge in [-0.25, -0.2) is 0 Å². The highest BCUT2D eigenvalue weighted by molar-refractivity contribution is 5.64. The van der Waals surface area contributed by atoms with Crippen molar-refractivity contribution in [3.63, 3.8) is 0 Å². The van der Waals surface area contributed by atoms with E-state index in [1.807, 2.05) is 117 Å². The fraction of sp³-hybridized carbons (Fsp3) is 0.263. The van der Waals surface area contributed by atoms with Crippen LogP contribution in [0.2, 0.25) is 0 Å². The van der Waals surface area contributed by atoms with Gasteiger partial charge in [-0.15, -0.1) is 0 Å². The molecular formula is C38H42O7. The molecule has 0 aliphatic carbocycles. The highest BCUT2D eigenvalue weighted by Gasteiger charge is 2.15. The van der Waals surface area contributed by atoms with Crippen molar-refractivity contribution in [3.8, 4) is 28.7 Å². The van der Waals surface area contributed by atoms with Gasteiger partial charge in [-0.05, 0) is 91.2 Å². The van der Waals surface area contributed by atoms with Gasteiger partial charge in [0.15, 0.2) is 6.29 Å². The van der Waals surface area contributed by atoms with Crippen molar-refractivity contribution in [1.82, 2.24) is 0 Å². The lowest BCUT2D eigenvalue weighted by molar-refractivity contribution is -0.0826. The summed E-state index contributed by atoms with van der Waals surface area (Å²) < 4.78 is 40.7. The summed E-state index contributed by atoms with van der Waals surface area (Å²) in [5, 5.41) is 0. The van der Waals surface area contributed by atoms with E-state index in [2.05, 4.69) is 13.2 Å². The quantitative estimate of drug-likeness (QED) is 0.0780. The second-order valence-electron chi connectivity index (χ2n) is 10.3. The fourth-order valence-corrected chi connectivity index (χ4v) is 4.32. The van der Waals surface area contributed by atoms with E-state index in [0.717, 1.165) is 39.5 Å². The SMILES string of the molecule is C=C(C)c1ccc(OC(CC(=C)c2ccc(OC(C)OCCOc3ccc(OC)cc3)cc2)OCCOc2ccccc2)cc1. The van der Waals surface area contributed by atoms with Gasteiger partial charge in [-0.2, -0.15) is 0 Å². The zero-order chi connectivity index (χ0) is 31.9. The van der Waals surface area contributed by atoms with E-state index in [1.165, 1.54) is 0 Å². The van der Waals surface area contributed by atoms with Crippen molar-refractivity contribution in [2.24, 2.45) is 0 Å². The number of benzene rings is 4. The number of methoxy groups -OCH3 is 1. The summed E-state index contributed by atoms with van der Waals surface area (Å²) >= 11 is 0. The third kappa shape index (κ3) is 11.4. The summed E-state index contributed by atoms with van der Waals surface area (Å²) in [5.74, 6) is 3.72. The Bertz CT molecular complexity index is 1450. The van der Waals surface area contributed by atoms with E-state index in [1.54, 1.807) is 7.11 Å². The average Bonchev–Trinajstić information content (AvgIpc) is 3.06. The Hall–Kier alpha value is -4.72. The molecule has 0 amide bonds. The Morgan fingerprint density at radius 2 is 1.09 bits per heavy atom. The van der Waals surface area contributed by atoms with Crippen molar-refractivity contribution < 1.29 is 33.2 Å². The molecule has 0 aliphatic rings. The smallest absolute Gasteiger partial charge is 0.204 e. The van der Waals surface area contributed by atoms with Crippen LogP contribution in [0.5, 0.6) is 28.7 Å². The van der Waals surface area contributed by atoms with Crippen LogP contribution in [0.1, 0.15) is 31.4 Å². The van der Waals surface area contributed by atoms with Gasteiger partial charge in [0, 0.05) is 6.42 Å². The van der Waals surface area contributed by atoms with Gasteiger partial charge >= 0.3 is 0 Å². The van der Waals surface area contributed by atoms with Crippen molar-refractivity contribution >= 4 is 11.1 Å². The van der Waals surface area contributed by atoms with Crippen LogP contribution in [-0.4, -0.2) is 46.1 Å². The first-order valence-electron chi connectivity index (χ1n) is 14.9. The molecule has 0 fully saturated rings. The molecule has 0 aliphatic heterocycles. The molecule has 0 N–H and O–H groups in total. The largest absolute Gasteiger partial charge is 0.497 e. The van der Waals surface area contributed by atoms with E-state index < -0.39 is 12.6 Å². The normalized spacial score (nSPS) is 12.1. The molecule has 4 rings (SSSR count). The molecule has 0 spiro atoms. The molecule has 2 atom stereocenters. The summed E-state index contributed by atoms with van der Waals surface area (Å²) in [7, 11) is 1.63. The van der Waals surface area contributed by atoms with Crippen molar-refractivity contribution in [2.45, 2.75) is 32.8 Å². The first-order chi connectivity index (χ1) is 21.9. The van der Waals surface area contributed by atoms with Gasteiger partial charge in [-0.1, -0.05) is 61.2 Å². The Morgan fingerprint density at radius 3 is 1.69 bits per heavy atom. The second kappa shape index (κ2) is 17.5. The molecular weight excluding hydrogens is 568 g/mol. The van der Waals surface area contributed by atoms with Gasteiger partial charge < -0.3 is 33.2 Å². The summed E-state index contributed by atoms with van der Waals surface area (Å²) in [6, 6.07) is 32.6. The molecule has 7 heteroatoms. The average molecular weight is 611 g/mol. The van der Waals surface area contributed by atoms with Crippen LogP contribution in [0, 0.1) is 0 Å². The van der Waals surface area contributed by atoms with Crippen LogP contribution in [0.25, 0.3) is 11.1 Å². The van der Waals surface area contributed by atoms with E-state index in [4.69, 9.17) is 33.2 Å². The van der Waals surface area contributed by atoms with E-state index >= 15 is 0 Å². The van der Waals surface area contributed by atoms with Crippen LogP contribution in [0.15, 0.2) is 116 Å². The molecule has 0 radical (unpaired) electrons. The van der Waals surface area contributed by atoms with E-state index in [0.29, 0.717) is 44.3 Å². The molecule has 2 unspecified atom stereocenters. The number of hydrogen-bond donors (Lipinski definition) is 0. The van der Waals surface area contributed by atoms with Crippen LogP contribution in [0.3, 0.4) is 0 Å². The molecule has 7 nitrogen and oxygen atoms in total. The minimum absolute atomic E-state index is 0.354. The first kappa shape index (κ1) is 33.2. The lowest BCUT2D eigenvalue weighted by atomic mass is 10.0. The molecule has 0 heterocycles. The zero-order valence-corrected chi connectivity index (χ0v) is 26.3. The standard InChI is InChI=1S/C38H42O7/c1-28(2)31-11-15-37(16-12-31)45-38(43-26-25-41-34-9-7-6-8-10-34)27-29(3)32-13-17-36(18-14-32)44-30(4)40-23-24-42-35-21-19-33(39-5)20-22-35/h6-22,30,38H,1,3,23-27H2,2,4-5H3. The highest BCUT2D eigenvalue weighted by Crippen LogP contribution is 2.26. The number of hydrogen-bond acceptors (Lipinski definition) is 7. The van der Waals surface area contributed by atoms with Crippen molar-refractivity contribution in [1.29, 1.82) is 0 Å². The van der Waals surface area contributed by atoms with Gasteiger partial charge in [0.1, 0.15) is 42.0 Å².